The van der Waals surface area contributed by atoms with E-state index in [-0.39, 0.29) is 11.7 Å². The average Bonchev–Trinajstić information content (AvgIpc) is 2.28. The van der Waals surface area contributed by atoms with Gasteiger partial charge in [-0.1, -0.05) is 6.92 Å². The second-order valence-corrected chi connectivity index (χ2v) is 8.06. The number of nitrogens with zero attached hydrogens (tertiary/aromatic N) is 1. The van der Waals surface area contributed by atoms with Crippen LogP contribution in [-0.2, 0) is 14.6 Å². The Bertz CT molecular complexity index is 353. The number of rotatable bonds is 3. The van der Waals surface area contributed by atoms with Crippen LogP contribution in [0.1, 0.15) is 13.8 Å². The third-order valence-corrected chi connectivity index (χ3v) is 6.05. The Morgan fingerprint density at radius 3 is 2.75 bits per heavy atom. The summed E-state index contributed by atoms with van der Waals surface area (Å²) in [4.78, 5) is 13.3. The molecule has 0 aromatic rings. The Labute approximate surface area is 106 Å². The van der Waals surface area contributed by atoms with E-state index in [9.17, 15) is 13.2 Å². The first-order valence-corrected chi connectivity index (χ1v) is 8.56. The van der Waals surface area contributed by atoms with Crippen LogP contribution >= 0.6 is 24.4 Å². The Balaban J connectivity index is 2.92. The van der Waals surface area contributed by atoms with Crippen molar-refractivity contribution in [2.24, 2.45) is 0 Å². The largest absolute Gasteiger partial charge is 0.323 e. The molecule has 0 spiro atoms. The van der Waals surface area contributed by atoms with Crippen molar-refractivity contribution >= 4 is 40.1 Å². The number of hydrogen-bond donors (Lipinski definition) is 1. The van der Waals surface area contributed by atoms with Crippen molar-refractivity contribution in [3.63, 3.8) is 0 Å². The van der Waals surface area contributed by atoms with Crippen LogP contribution in [0.2, 0.25) is 0 Å². The fourth-order valence-electron chi connectivity index (χ4n) is 1.56. The van der Waals surface area contributed by atoms with Crippen LogP contribution in [0.15, 0.2) is 0 Å². The molecule has 0 radical (unpaired) electrons. The molecule has 7 heteroatoms. The maximum Gasteiger partial charge on any atom is 0.236 e. The molecule has 2 unspecified atom stereocenters. The maximum atomic E-state index is 11.9. The Hall–Kier alpha value is 0.120. The van der Waals surface area contributed by atoms with Gasteiger partial charge in [0.1, 0.15) is 5.37 Å². The number of carbonyl (C=O) groups excluding carboxylic acids is 1. The molecule has 1 saturated heterocycles. The van der Waals surface area contributed by atoms with Crippen LogP contribution in [0.4, 0.5) is 0 Å². The van der Waals surface area contributed by atoms with Crippen LogP contribution < -0.4 is 0 Å². The average molecular weight is 283 g/mol. The summed E-state index contributed by atoms with van der Waals surface area (Å²) in [5.74, 6) is 1.15. The Morgan fingerprint density at radius 1 is 1.62 bits per heavy atom. The normalized spacial score (nSPS) is 24.2. The van der Waals surface area contributed by atoms with Gasteiger partial charge in [-0.25, -0.2) is 8.42 Å². The predicted octanol–water partition coefficient (Wildman–Crippen LogP) is 0.641. The molecule has 0 aliphatic carbocycles. The van der Waals surface area contributed by atoms with Gasteiger partial charge in [-0.15, -0.1) is 0 Å². The molecule has 2 atom stereocenters. The van der Waals surface area contributed by atoms with E-state index >= 15 is 0 Å². The molecule has 1 aliphatic rings. The van der Waals surface area contributed by atoms with E-state index < -0.39 is 20.5 Å². The lowest BCUT2D eigenvalue weighted by molar-refractivity contribution is -0.130. The van der Waals surface area contributed by atoms with Gasteiger partial charge >= 0.3 is 0 Å². The van der Waals surface area contributed by atoms with Gasteiger partial charge in [-0.05, 0) is 6.92 Å². The lowest BCUT2D eigenvalue weighted by Gasteiger charge is -2.35. The van der Waals surface area contributed by atoms with Gasteiger partial charge in [-0.3, -0.25) is 4.79 Å². The van der Waals surface area contributed by atoms with E-state index in [0.717, 1.165) is 5.75 Å². The van der Waals surface area contributed by atoms with Crippen LogP contribution in [-0.4, -0.2) is 53.7 Å². The fraction of sp³-hybridized carbons (Fsp3) is 0.889. The van der Waals surface area contributed by atoms with Crippen molar-refractivity contribution in [2.75, 3.05) is 23.8 Å². The van der Waals surface area contributed by atoms with Crippen LogP contribution in [0, 0.1) is 0 Å². The summed E-state index contributed by atoms with van der Waals surface area (Å²) >= 11 is 5.66. The lowest BCUT2D eigenvalue weighted by Crippen LogP contribution is -2.52. The minimum Gasteiger partial charge on any atom is -0.323 e. The fourth-order valence-corrected chi connectivity index (χ4v) is 4.69. The topological polar surface area (TPSA) is 54.5 Å². The molecule has 16 heavy (non-hydrogen) atoms. The minimum atomic E-state index is -3.20. The van der Waals surface area contributed by atoms with Gasteiger partial charge in [0.05, 0.1) is 5.25 Å². The first-order valence-electron chi connectivity index (χ1n) is 5.18. The van der Waals surface area contributed by atoms with E-state index in [0.29, 0.717) is 12.3 Å². The molecule has 1 fully saturated rings. The minimum absolute atomic E-state index is 0.0724. The number of thiol groups is 1. The zero-order valence-corrected chi connectivity index (χ0v) is 11.9. The zero-order valence-electron chi connectivity index (χ0n) is 9.42. The van der Waals surface area contributed by atoms with E-state index in [1.807, 2.05) is 0 Å². The van der Waals surface area contributed by atoms with Crippen molar-refractivity contribution in [1.82, 2.24) is 4.90 Å². The standard InChI is InChI=1S/C9H17NO3S3/c1-3-16(12,13)8-6-15-5-4-10(8)9(11)7(2)14/h7-8,14H,3-6H2,1-2H3. The molecule has 0 aromatic carbocycles. The van der Waals surface area contributed by atoms with Gasteiger partial charge in [-0.2, -0.15) is 24.4 Å². The van der Waals surface area contributed by atoms with Crippen LogP contribution in [0.25, 0.3) is 0 Å². The molecule has 1 amide bonds. The maximum absolute atomic E-state index is 11.9. The Morgan fingerprint density at radius 2 is 2.25 bits per heavy atom. The molecular weight excluding hydrogens is 266 g/mol. The molecule has 1 heterocycles. The molecule has 0 saturated carbocycles. The Kier molecular flexibility index (Phi) is 5.00. The third kappa shape index (κ3) is 3.07. The highest BCUT2D eigenvalue weighted by molar-refractivity contribution is 8.01. The van der Waals surface area contributed by atoms with E-state index in [1.165, 1.54) is 4.90 Å². The van der Waals surface area contributed by atoms with Gasteiger partial charge in [0.15, 0.2) is 9.84 Å². The quantitative estimate of drug-likeness (QED) is 0.772. The van der Waals surface area contributed by atoms with Crippen LogP contribution in [0.5, 0.6) is 0 Å². The highest BCUT2D eigenvalue weighted by atomic mass is 32.2. The van der Waals surface area contributed by atoms with Crippen molar-refractivity contribution in [1.29, 1.82) is 0 Å². The van der Waals surface area contributed by atoms with Crippen molar-refractivity contribution in [2.45, 2.75) is 24.5 Å². The van der Waals surface area contributed by atoms with Gasteiger partial charge in [0.25, 0.3) is 0 Å². The highest BCUT2D eigenvalue weighted by Crippen LogP contribution is 2.22. The summed E-state index contributed by atoms with van der Waals surface area (Å²) in [5.41, 5.74) is 0. The van der Waals surface area contributed by atoms with Crippen molar-refractivity contribution in [3.05, 3.63) is 0 Å². The monoisotopic (exact) mass is 283 g/mol. The van der Waals surface area contributed by atoms with E-state index in [4.69, 9.17) is 0 Å². The summed E-state index contributed by atoms with van der Waals surface area (Å²) in [6.07, 6.45) is 0. The molecule has 0 aromatic heterocycles. The zero-order chi connectivity index (χ0) is 12.3. The molecule has 94 valence electrons. The van der Waals surface area contributed by atoms with E-state index in [1.54, 1.807) is 25.6 Å². The summed E-state index contributed by atoms with van der Waals surface area (Å²) in [6, 6.07) is 0. The van der Waals surface area contributed by atoms with Crippen molar-refractivity contribution < 1.29 is 13.2 Å². The number of amides is 1. The molecule has 0 N–H and O–H groups in total. The predicted molar refractivity (Wildman–Crippen MR) is 70.7 cm³/mol. The van der Waals surface area contributed by atoms with Crippen LogP contribution in [0.3, 0.4) is 0 Å². The summed E-state index contributed by atoms with van der Waals surface area (Å²) in [5, 5.41) is -1.11. The SMILES string of the molecule is CCS(=O)(=O)C1CSCCN1C(=O)C(C)S. The number of sulfone groups is 1. The van der Waals surface area contributed by atoms with Gasteiger partial charge in [0.2, 0.25) is 5.91 Å². The number of thioether (sulfide) groups is 1. The smallest absolute Gasteiger partial charge is 0.236 e. The third-order valence-electron chi connectivity index (χ3n) is 2.54. The summed E-state index contributed by atoms with van der Waals surface area (Å²) in [6.45, 7) is 3.78. The number of carbonyl (C=O) groups is 1. The second-order valence-electron chi connectivity index (χ2n) is 3.69. The summed E-state index contributed by atoms with van der Waals surface area (Å²) < 4.78 is 23.7. The second kappa shape index (κ2) is 5.64. The molecule has 4 nitrogen and oxygen atoms in total. The number of hydrogen-bond acceptors (Lipinski definition) is 5. The molecular formula is C9H17NO3S3. The van der Waals surface area contributed by atoms with Gasteiger partial charge in [0, 0.05) is 23.8 Å². The molecule has 1 rings (SSSR count). The highest BCUT2D eigenvalue weighted by Gasteiger charge is 2.36. The van der Waals surface area contributed by atoms with Crippen molar-refractivity contribution in [3.8, 4) is 0 Å². The first kappa shape index (κ1) is 14.2. The van der Waals surface area contributed by atoms with Gasteiger partial charge < -0.3 is 4.90 Å². The first-order chi connectivity index (χ1) is 7.40. The molecule has 0 bridgehead atoms. The summed E-state index contributed by atoms with van der Waals surface area (Å²) in [7, 11) is -3.20. The van der Waals surface area contributed by atoms with E-state index in [2.05, 4.69) is 12.6 Å². The lowest BCUT2D eigenvalue weighted by atomic mass is 10.3. The molecule has 1 aliphatic heterocycles.